The van der Waals surface area contributed by atoms with E-state index >= 15 is 0 Å². The largest absolute Gasteiger partial charge is 0.480 e. The maximum absolute atomic E-state index is 12.2. The van der Waals surface area contributed by atoms with Crippen LogP contribution in [0.5, 0.6) is 0 Å². The van der Waals surface area contributed by atoms with Crippen LogP contribution in [0, 0.1) is 11.3 Å². The molecule has 108 valence electrons. The lowest BCUT2D eigenvalue weighted by Crippen LogP contribution is -2.40. The van der Waals surface area contributed by atoms with Gasteiger partial charge in [-0.05, 0) is 31.6 Å². The van der Waals surface area contributed by atoms with Crippen LogP contribution in [0.4, 0.5) is 0 Å². The van der Waals surface area contributed by atoms with Gasteiger partial charge in [-0.15, -0.1) is 0 Å². The van der Waals surface area contributed by atoms with Crippen LogP contribution in [0.2, 0.25) is 0 Å². The van der Waals surface area contributed by atoms with Gasteiger partial charge in [0.15, 0.2) is 0 Å². The van der Waals surface area contributed by atoms with Crippen molar-refractivity contribution in [3.05, 3.63) is 0 Å². The standard InChI is InChI=1S/C14H23NO4/c1-10(2)4-8-19-11-3-7-15(9-11)12(16)14(5-6-14)13(17)18/h10-11H,3-9H2,1-2H3,(H,17,18). The lowest BCUT2D eigenvalue weighted by Gasteiger charge is -2.20. The molecule has 0 aromatic rings. The summed E-state index contributed by atoms with van der Waals surface area (Å²) in [4.78, 5) is 25.0. The van der Waals surface area contributed by atoms with Gasteiger partial charge in [-0.25, -0.2) is 0 Å². The van der Waals surface area contributed by atoms with Gasteiger partial charge in [-0.1, -0.05) is 13.8 Å². The monoisotopic (exact) mass is 269 g/mol. The molecule has 1 amide bonds. The highest BCUT2D eigenvalue weighted by molar-refractivity contribution is 6.04. The van der Waals surface area contributed by atoms with Crippen LogP contribution < -0.4 is 0 Å². The predicted molar refractivity (Wildman–Crippen MR) is 69.7 cm³/mol. The van der Waals surface area contributed by atoms with E-state index in [0.717, 1.165) is 12.8 Å². The Kier molecular flexibility index (Phi) is 4.13. The van der Waals surface area contributed by atoms with Crippen molar-refractivity contribution in [3.63, 3.8) is 0 Å². The van der Waals surface area contributed by atoms with Gasteiger partial charge in [-0.3, -0.25) is 9.59 Å². The van der Waals surface area contributed by atoms with E-state index in [0.29, 0.717) is 38.5 Å². The van der Waals surface area contributed by atoms with E-state index < -0.39 is 11.4 Å². The third-order valence-electron chi connectivity index (χ3n) is 4.05. The highest BCUT2D eigenvalue weighted by Gasteiger charge is 2.59. The summed E-state index contributed by atoms with van der Waals surface area (Å²) in [6, 6.07) is 0. The number of hydrogen-bond donors (Lipinski definition) is 1. The number of rotatable bonds is 6. The van der Waals surface area contributed by atoms with E-state index in [1.807, 2.05) is 0 Å². The normalized spacial score (nSPS) is 24.8. The predicted octanol–water partition coefficient (Wildman–Crippen LogP) is 1.51. The number of carboxylic acids is 1. The topological polar surface area (TPSA) is 66.8 Å². The van der Waals surface area contributed by atoms with Gasteiger partial charge in [0.2, 0.25) is 5.91 Å². The zero-order valence-corrected chi connectivity index (χ0v) is 11.7. The molecule has 1 unspecified atom stereocenters. The van der Waals surface area contributed by atoms with Crippen molar-refractivity contribution in [1.29, 1.82) is 0 Å². The molecule has 0 aromatic carbocycles. The summed E-state index contributed by atoms with van der Waals surface area (Å²) in [5, 5.41) is 9.12. The summed E-state index contributed by atoms with van der Waals surface area (Å²) in [6.07, 6.45) is 2.88. The van der Waals surface area contributed by atoms with Gasteiger partial charge in [0, 0.05) is 19.7 Å². The Hall–Kier alpha value is -1.10. The SMILES string of the molecule is CC(C)CCOC1CCN(C(=O)C2(C(=O)O)CC2)C1. The molecule has 0 spiro atoms. The number of aliphatic carboxylic acids is 1. The first kappa shape index (κ1) is 14.3. The number of carboxylic acid groups (broad SMARTS) is 1. The average Bonchev–Trinajstić information content (AvgIpc) is 3.03. The van der Waals surface area contributed by atoms with Crippen LogP contribution in [0.15, 0.2) is 0 Å². The highest BCUT2D eigenvalue weighted by atomic mass is 16.5. The van der Waals surface area contributed by atoms with Crippen LogP contribution in [0.1, 0.15) is 39.5 Å². The van der Waals surface area contributed by atoms with Crippen molar-refractivity contribution in [1.82, 2.24) is 4.90 Å². The molecule has 1 aliphatic heterocycles. The van der Waals surface area contributed by atoms with Crippen LogP contribution in [-0.4, -0.2) is 47.7 Å². The summed E-state index contributed by atoms with van der Waals surface area (Å²) in [5.41, 5.74) is -1.10. The van der Waals surface area contributed by atoms with Gasteiger partial charge < -0.3 is 14.7 Å². The molecule has 1 heterocycles. The Morgan fingerprint density at radius 2 is 2.11 bits per heavy atom. The summed E-state index contributed by atoms with van der Waals surface area (Å²) in [6.45, 7) is 6.19. The molecule has 5 nitrogen and oxygen atoms in total. The first-order chi connectivity index (χ1) is 8.95. The Labute approximate surface area is 113 Å². The fraction of sp³-hybridized carbons (Fsp3) is 0.857. The second kappa shape index (κ2) is 5.49. The third kappa shape index (κ3) is 3.08. The third-order valence-corrected chi connectivity index (χ3v) is 4.05. The molecule has 0 radical (unpaired) electrons. The van der Waals surface area contributed by atoms with Crippen LogP contribution in [0.25, 0.3) is 0 Å². The molecule has 1 N–H and O–H groups in total. The molecule has 1 atom stereocenters. The molecule has 1 saturated heterocycles. The van der Waals surface area contributed by atoms with E-state index in [1.54, 1.807) is 4.90 Å². The lowest BCUT2D eigenvalue weighted by atomic mass is 10.1. The van der Waals surface area contributed by atoms with Gasteiger partial charge in [0.25, 0.3) is 0 Å². The molecule has 2 fully saturated rings. The minimum Gasteiger partial charge on any atom is -0.480 e. The van der Waals surface area contributed by atoms with Crippen molar-refractivity contribution in [2.24, 2.45) is 11.3 Å². The highest BCUT2D eigenvalue weighted by Crippen LogP contribution is 2.47. The minimum atomic E-state index is -1.10. The number of carbonyl (C=O) groups excluding carboxylic acids is 1. The second-order valence-corrected chi connectivity index (χ2v) is 6.10. The zero-order valence-electron chi connectivity index (χ0n) is 11.7. The molecule has 5 heteroatoms. The van der Waals surface area contributed by atoms with Crippen molar-refractivity contribution < 1.29 is 19.4 Å². The number of ether oxygens (including phenoxy) is 1. The van der Waals surface area contributed by atoms with Crippen LogP contribution in [0.3, 0.4) is 0 Å². The molecule has 1 aliphatic carbocycles. The number of carbonyl (C=O) groups is 2. The Morgan fingerprint density at radius 3 is 2.63 bits per heavy atom. The lowest BCUT2D eigenvalue weighted by molar-refractivity contribution is -0.153. The average molecular weight is 269 g/mol. The Balaban J connectivity index is 1.79. The van der Waals surface area contributed by atoms with Crippen molar-refractivity contribution >= 4 is 11.9 Å². The number of amides is 1. The molecule has 19 heavy (non-hydrogen) atoms. The first-order valence-electron chi connectivity index (χ1n) is 7.10. The molecule has 1 saturated carbocycles. The Morgan fingerprint density at radius 1 is 1.42 bits per heavy atom. The summed E-state index contributed by atoms with van der Waals surface area (Å²) >= 11 is 0. The smallest absolute Gasteiger partial charge is 0.319 e. The maximum Gasteiger partial charge on any atom is 0.319 e. The van der Waals surface area contributed by atoms with Crippen LogP contribution >= 0.6 is 0 Å². The molecular weight excluding hydrogens is 246 g/mol. The number of nitrogens with zero attached hydrogens (tertiary/aromatic N) is 1. The molecule has 0 bridgehead atoms. The summed E-state index contributed by atoms with van der Waals surface area (Å²) in [5.74, 6) is -0.572. The van der Waals surface area contributed by atoms with E-state index in [1.165, 1.54) is 0 Å². The number of hydrogen-bond acceptors (Lipinski definition) is 3. The van der Waals surface area contributed by atoms with Crippen molar-refractivity contribution in [2.75, 3.05) is 19.7 Å². The van der Waals surface area contributed by atoms with Crippen LogP contribution in [-0.2, 0) is 14.3 Å². The summed E-state index contributed by atoms with van der Waals surface area (Å²) in [7, 11) is 0. The van der Waals surface area contributed by atoms with Gasteiger partial charge in [0.1, 0.15) is 5.41 Å². The molecule has 0 aromatic heterocycles. The zero-order chi connectivity index (χ0) is 14.0. The Bertz CT molecular complexity index is 362. The second-order valence-electron chi connectivity index (χ2n) is 6.10. The van der Waals surface area contributed by atoms with Crippen molar-refractivity contribution in [2.45, 2.75) is 45.6 Å². The molecule has 2 rings (SSSR count). The van der Waals surface area contributed by atoms with E-state index in [-0.39, 0.29) is 12.0 Å². The number of likely N-dealkylation sites (tertiary alicyclic amines) is 1. The maximum atomic E-state index is 12.2. The van der Waals surface area contributed by atoms with E-state index in [2.05, 4.69) is 13.8 Å². The van der Waals surface area contributed by atoms with Gasteiger partial charge in [0.05, 0.1) is 6.10 Å². The minimum absolute atomic E-state index is 0.0762. The molecule has 2 aliphatic rings. The molecular formula is C14H23NO4. The van der Waals surface area contributed by atoms with E-state index in [9.17, 15) is 9.59 Å². The van der Waals surface area contributed by atoms with Crippen molar-refractivity contribution in [3.8, 4) is 0 Å². The summed E-state index contributed by atoms with van der Waals surface area (Å²) < 4.78 is 5.75. The van der Waals surface area contributed by atoms with E-state index in [4.69, 9.17) is 9.84 Å². The fourth-order valence-electron chi connectivity index (χ4n) is 2.47. The van der Waals surface area contributed by atoms with Gasteiger partial charge in [-0.2, -0.15) is 0 Å². The first-order valence-corrected chi connectivity index (χ1v) is 7.10. The fourth-order valence-corrected chi connectivity index (χ4v) is 2.47. The quantitative estimate of drug-likeness (QED) is 0.742. The van der Waals surface area contributed by atoms with Gasteiger partial charge >= 0.3 is 5.97 Å².